The quantitative estimate of drug-likeness (QED) is 0.0361. The summed E-state index contributed by atoms with van der Waals surface area (Å²) >= 11 is 0. The number of ether oxygens (including phenoxy) is 1. The lowest BCUT2D eigenvalue weighted by Gasteiger charge is -2.29. The molecule has 0 spiro atoms. The molecule has 1 aromatic heterocycles. The Kier molecular flexibility index (Phi) is 30.4. The molecule has 0 aliphatic rings. The van der Waals surface area contributed by atoms with Gasteiger partial charge in [-0.3, -0.25) is 4.79 Å². The van der Waals surface area contributed by atoms with Crippen molar-refractivity contribution in [2.75, 3.05) is 13.2 Å². The first-order valence-electron chi connectivity index (χ1n) is 14.6. The van der Waals surface area contributed by atoms with E-state index >= 15 is 0 Å². The van der Waals surface area contributed by atoms with E-state index in [9.17, 15) is 19.7 Å². The van der Waals surface area contributed by atoms with E-state index in [1.165, 1.54) is 6.20 Å². The Morgan fingerprint density at radius 3 is 2.02 bits per heavy atom. The summed E-state index contributed by atoms with van der Waals surface area (Å²) in [6.07, 6.45) is 7.04. The lowest BCUT2D eigenvalue weighted by atomic mass is 10.2. The molecule has 0 aliphatic heterocycles. The zero-order chi connectivity index (χ0) is 40.8. The van der Waals surface area contributed by atoms with Crippen molar-refractivity contribution < 1.29 is 74.9 Å². The van der Waals surface area contributed by atoms with Crippen LogP contribution < -0.4 is 9.88 Å². The van der Waals surface area contributed by atoms with Crippen molar-refractivity contribution in [1.29, 1.82) is 5.53 Å². The summed E-state index contributed by atoms with van der Waals surface area (Å²) in [4.78, 5) is 44.0. The van der Waals surface area contributed by atoms with Crippen LogP contribution in [0.3, 0.4) is 0 Å². The van der Waals surface area contributed by atoms with Gasteiger partial charge in [-0.1, -0.05) is 5.92 Å². The fourth-order valence-electron chi connectivity index (χ4n) is 3.05. The highest BCUT2D eigenvalue weighted by Gasteiger charge is 2.26. The molecule has 0 aromatic carbocycles. The van der Waals surface area contributed by atoms with Gasteiger partial charge >= 0.3 is 12.3 Å². The van der Waals surface area contributed by atoms with Gasteiger partial charge in [0.1, 0.15) is 17.2 Å². The van der Waals surface area contributed by atoms with E-state index < -0.39 is 23.3 Å². The SMILES string of the molecule is C#CC#CC#CC#CC#CC#CC#CC#CC.CC(C)N(C(=O)OC(C)[n+]1cccc(C(=O)NCCO[N+](=O)[O-])c1)C(C)C.N=N/N=N/OOOOO[OH2+].[HH].[HH].[HH].[HH].[HH].[HH].[HH].[HH].[HH].[HH].[HH]. The van der Waals surface area contributed by atoms with Crippen molar-refractivity contribution in [2.45, 2.75) is 59.9 Å². The average molecular weight is 769 g/mol. The number of amides is 2. The van der Waals surface area contributed by atoms with Crippen LogP contribution in [0.2, 0.25) is 0 Å². The van der Waals surface area contributed by atoms with Crippen molar-refractivity contribution in [3.05, 3.63) is 40.2 Å². The second-order valence-corrected chi connectivity index (χ2v) is 9.08. The molecule has 0 bridgehead atoms. The molecule has 0 saturated carbocycles. The van der Waals surface area contributed by atoms with Gasteiger partial charge in [0.15, 0.2) is 12.4 Å². The zero-order valence-electron chi connectivity index (χ0n) is 29.7. The lowest BCUT2D eigenvalue weighted by molar-refractivity contribution is -0.757. The molecule has 4 N–H and O–H groups in total. The third-order valence-electron chi connectivity index (χ3n) is 4.87. The average Bonchev–Trinajstić information content (AvgIpc) is 3.13. The monoisotopic (exact) mass is 768 g/mol. The molecule has 0 fully saturated rings. The Balaban J connectivity index is -0.0000000571. The van der Waals surface area contributed by atoms with E-state index in [0.717, 1.165) is 0 Å². The van der Waals surface area contributed by atoms with E-state index in [-0.39, 0.29) is 40.9 Å². The van der Waals surface area contributed by atoms with Crippen molar-refractivity contribution in [3.8, 4) is 95.2 Å². The molecule has 302 valence electrons. The van der Waals surface area contributed by atoms with Gasteiger partial charge < -0.3 is 19.8 Å². The fourth-order valence-corrected chi connectivity index (χ4v) is 3.05. The van der Waals surface area contributed by atoms with Crippen molar-refractivity contribution >= 4 is 12.0 Å². The molecular formula is C34H56N8O12+2. The number of hydrogen-bond donors (Lipinski definition) is 2. The van der Waals surface area contributed by atoms with Crippen LogP contribution in [-0.4, -0.2) is 52.5 Å². The minimum absolute atomic E-state index is 0. The summed E-state index contributed by atoms with van der Waals surface area (Å²) < 4.78 is 7.10. The van der Waals surface area contributed by atoms with Crippen LogP contribution in [0, 0.1) is 111 Å². The molecule has 20 heteroatoms. The molecule has 0 aliphatic carbocycles. The maximum Gasteiger partial charge on any atom is 0.415 e. The van der Waals surface area contributed by atoms with Crippen LogP contribution in [-0.2, 0) is 34.7 Å². The summed E-state index contributed by atoms with van der Waals surface area (Å²) in [5.41, 5.74) is 6.35. The number of hydrogen-bond acceptors (Lipinski definition) is 13. The number of nitrogens with zero attached hydrogens (tertiary/aromatic N) is 6. The van der Waals surface area contributed by atoms with Gasteiger partial charge in [-0.15, -0.1) is 16.5 Å². The first-order chi connectivity index (χ1) is 26.0. The molecule has 20 nitrogen and oxygen atoms in total. The molecule has 0 saturated heterocycles. The third kappa shape index (κ3) is 28.2. The van der Waals surface area contributed by atoms with Gasteiger partial charge in [-0.25, -0.2) is 10.1 Å². The van der Waals surface area contributed by atoms with E-state index in [4.69, 9.17) is 21.9 Å². The summed E-state index contributed by atoms with van der Waals surface area (Å²) in [5, 5.41) is 38.5. The summed E-state index contributed by atoms with van der Waals surface area (Å²) in [7, 11) is 0. The number of carbonyl (C=O) groups is 2. The molecule has 1 atom stereocenters. The van der Waals surface area contributed by atoms with Gasteiger partial charge in [0.2, 0.25) is 0 Å². The van der Waals surface area contributed by atoms with Gasteiger partial charge in [0.05, 0.1) is 5.28 Å². The Bertz CT molecular complexity index is 1930. The number of carbonyl (C=O) groups excluding carboxylic acids is 2. The van der Waals surface area contributed by atoms with Crippen LogP contribution in [0.4, 0.5) is 4.79 Å². The standard InChI is InChI=1S/C17H26N4O6.C17H4.H2N4O6.11H2/c1-12(2)20(13(3)4)17(23)27-14(5)19-9-6-7-15(11-19)16(22)18-8-10-26-21(24)25;1-3-5-7-9-11-13-15-17-16-14-12-10-8-6-4-2;1-2-3-4-6-8-10-9-7-5;;;;;;;;;;;/h6-7,9,11-14H,8,10H2,1-5H3;1H,2H3;1,5H;11*1H/p+2/b;;2-1?,4-3+;;;;;;;;;;;. The maximum atomic E-state index is 12.4. The van der Waals surface area contributed by atoms with E-state index in [2.05, 4.69) is 140 Å². The third-order valence-corrected chi connectivity index (χ3v) is 4.87. The van der Waals surface area contributed by atoms with Crippen LogP contribution in [0.5, 0.6) is 0 Å². The van der Waals surface area contributed by atoms with Gasteiger partial charge in [0, 0.05) is 67.6 Å². The Morgan fingerprint density at radius 1 is 0.981 bits per heavy atom. The maximum absolute atomic E-state index is 12.4. The lowest BCUT2D eigenvalue weighted by Crippen LogP contribution is -2.47. The Hall–Kier alpha value is -7.63. The first-order valence-corrected chi connectivity index (χ1v) is 14.6. The molecule has 1 rings (SSSR count). The smallest absolute Gasteiger partial charge is 0.386 e. The highest BCUT2D eigenvalue weighted by molar-refractivity contribution is 5.93. The predicted octanol–water partition coefficient (Wildman–Crippen LogP) is 4.74. The van der Waals surface area contributed by atoms with Crippen molar-refractivity contribution in [1.82, 2.24) is 10.2 Å². The molecule has 54 heavy (non-hydrogen) atoms. The van der Waals surface area contributed by atoms with Crippen molar-refractivity contribution in [3.63, 3.8) is 0 Å². The second-order valence-electron chi connectivity index (χ2n) is 9.08. The molecule has 1 aromatic rings. The summed E-state index contributed by atoms with van der Waals surface area (Å²) in [5.74, 6) is 36.5. The van der Waals surface area contributed by atoms with Crippen LogP contribution in [0.1, 0.15) is 73.8 Å². The van der Waals surface area contributed by atoms with Gasteiger partial charge in [-0.05, 0) is 129 Å². The highest BCUT2D eigenvalue weighted by Crippen LogP contribution is 2.11. The molecule has 0 radical (unpaired) electrons. The normalized spacial score (nSPS) is 8.96. The van der Waals surface area contributed by atoms with Crippen molar-refractivity contribution in [2.24, 2.45) is 15.7 Å². The fraction of sp³-hybridized carbons (Fsp3) is 0.324. The van der Waals surface area contributed by atoms with Crippen LogP contribution >= 0.6 is 0 Å². The van der Waals surface area contributed by atoms with Crippen LogP contribution in [0.25, 0.3) is 0 Å². The summed E-state index contributed by atoms with van der Waals surface area (Å²) in [6.45, 7) is 10.8. The number of terminal acetylenes is 1. The minimum Gasteiger partial charge on any atom is -0.386 e. The molecular weight excluding hydrogens is 712 g/mol. The number of rotatable bonds is 15. The van der Waals surface area contributed by atoms with E-state index in [1.807, 2.05) is 27.7 Å². The second kappa shape index (κ2) is 33.8. The Morgan fingerprint density at radius 2 is 1.54 bits per heavy atom. The molecule has 2 amide bonds. The highest BCUT2D eigenvalue weighted by atomic mass is 17.8. The topological polar surface area (TPSA) is 245 Å². The first kappa shape index (κ1) is 48.5. The summed E-state index contributed by atoms with van der Waals surface area (Å²) in [6, 6.07) is 3.22. The van der Waals surface area contributed by atoms with Crippen LogP contribution in [0.15, 0.2) is 40.3 Å². The largest absolute Gasteiger partial charge is 0.415 e. The number of pyridine rings is 1. The van der Waals surface area contributed by atoms with Gasteiger partial charge in [0.25, 0.3) is 11.0 Å². The minimum atomic E-state index is -0.920. The van der Waals surface area contributed by atoms with E-state index in [0.29, 0.717) is 5.56 Å². The molecule has 1 unspecified atom stereocenters. The Labute approximate surface area is 327 Å². The molecule has 1 heterocycles. The number of aromatic nitrogens is 1. The predicted molar refractivity (Wildman–Crippen MR) is 206 cm³/mol. The van der Waals surface area contributed by atoms with Gasteiger partial charge in [-0.2, -0.15) is 15.1 Å². The number of nitrogens with one attached hydrogen (secondary N) is 2. The van der Waals surface area contributed by atoms with E-state index in [1.54, 1.807) is 41.6 Å². The zero-order valence-corrected chi connectivity index (χ0v) is 29.7.